The van der Waals surface area contributed by atoms with Gasteiger partial charge >= 0.3 is 0 Å². The van der Waals surface area contributed by atoms with Crippen LogP contribution in [0.15, 0.2) is 40.8 Å². The van der Waals surface area contributed by atoms with E-state index in [0.717, 1.165) is 29.4 Å². The van der Waals surface area contributed by atoms with E-state index in [4.69, 9.17) is 4.42 Å². The predicted octanol–water partition coefficient (Wildman–Crippen LogP) is 5.76. The number of aryl methyl sites for hydroxylation is 1. The Hall–Kier alpha value is -0.630. The lowest BCUT2D eigenvalue weighted by atomic mass is 10.1. The number of benzene rings is 2. The second-order valence-corrected chi connectivity index (χ2v) is 6.72. The third-order valence-corrected chi connectivity index (χ3v) is 4.62. The van der Waals surface area contributed by atoms with E-state index in [0.29, 0.717) is 0 Å². The van der Waals surface area contributed by atoms with Crippen LogP contribution in [-0.4, -0.2) is 0 Å². The molecule has 0 unspecified atom stereocenters. The van der Waals surface area contributed by atoms with Crippen LogP contribution in [0.3, 0.4) is 0 Å². The maximum atomic E-state index is 13.4. The molecular weight excluding hydrogens is 469 g/mol. The van der Waals surface area contributed by atoms with Crippen molar-refractivity contribution in [3.05, 3.63) is 54.9 Å². The van der Waals surface area contributed by atoms with Gasteiger partial charge in [-0.25, -0.2) is 4.39 Å². The van der Waals surface area contributed by atoms with Crippen molar-refractivity contribution >= 4 is 56.2 Å². The summed E-state index contributed by atoms with van der Waals surface area (Å²) in [5.74, 6) is 0.547. The van der Waals surface area contributed by atoms with Crippen molar-refractivity contribution < 1.29 is 8.81 Å². The molecule has 3 aromatic rings. The minimum absolute atomic E-state index is 0.233. The Balaban J connectivity index is 2.23. The van der Waals surface area contributed by atoms with Crippen LogP contribution in [0, 0.1) is 19.9 Å². The minimum Gasteiger partial charge on any atom is -0.455 e. The first-order chi connectivity index (χ1) is 9.04. The largest absolute Gasteiger partial charge is 0.455 e. The molecule has 0 spiro atoms. The SMILES string of the molecule is Cc1ccc(-c2cc3cc(F)cc(I)c3o2)c(I)c1. The van der Waals surface area contributed by atoms with Crippen molar-refractivity contribution in [3.63, 3.8) is 0 Å². The molecule has 0 saturated carbocycles. The molecular formula is C15H9FI2O. The molecule has 1 aromatic heterocycles. The number of hydrogen-bond donors (Lipinski definition) is 0. The molecule has 1 nitrogen and oxygen atoms in total. The van der Waals surface area contributed by atoms with E-state index >= 15 is 0 Å². The highest BCUT2D eigenvalue weighted by Crippen LogP contribution is 2.33. The lowest BCUT2D eigenvalue weighted by molar-refractivity contribution is 0.616. The zero-order valence-corrected chi connectivity index (χ0v) is 14.3. The third kappa shape index (κ3) is 2.52. The van der Waals surface area contributed by atoms with Gasteiger partial charge in [-0.05, 0) is 82.4 Å². The highest BCUT2D eigenvalue weighted by Gasteiger charge is 2.12. The quantitative estimate of drug-likeness (QED) is 0.406. The highest BCUT2D eigenvalue weighted by molar-refractivity contribution is 14.1. The van der Waals surface area contributed by atoms with Crippen molar-refractivity contribution in [2.75, 3.05) is 0 Å². The normalized spacial score (nSPS) is 11.2. The van der Waals surface area contributed by atoms with Crippen molar-refractivity contribution in [1.29, 1.82) is 0 Å². The Morgan fingerprint density at radius 1 is 1.00 bits per heavy atom. The fourth-order valence-electron chi connectivity index (χ4n) is 2.03. The zero-order chi connectivity index (χ0) is 13.6. The Bertz CT molecular complexity index is 777. The van der Waals surface area contributed by atoms with Gasteiger partial charge in [0.15, 0.2) is 0 Å². The first kappa shape index (κ1) is 13.4. The van der Waals surface area contributed by atoms with Crippen LogP contribution < -0.4 is 0 Å². The molecule has 3 rings (SSSR count). The lowest BCUT2D eigenvalue weighted by Gasteiger charge is -2.01. The summed E-state index contributed by atoms with van der Waals surface area (Å²) in [6.07, 6.45) is 0. The van der Waals surface area contributed by atoms with Crippen molar-refractivity contribution in [3.8, 4) is 11.3 Å². The smallest absolute Gasteiger partial charge is 0.148 e. The van der Waals surface area contributed by atoms with E-state index < -0.39 is 0 Å². The summed E-state index contributed by atoms with van der Waals surface area (Å²) in [5, 5.41) is 0.802. The van der Waals surface area contributed by atoms with Gasteiger partial charge in [-0.15, -0.1) is 0 Å². The Morgan fingerprint density at radius 2 is 1.79 bits per heavy atom. The monoisotopic (exact) mass is 478 g/mol. The average molecular weight is 478 g/mol. The fraction of sp³-hybridized carbons (Fsp3) is 0.0667. The summed E-state index contributed by atoms with van der Waals surface area (Å²) < 4.78 is 21.2. The molecule has 0 radical (unpaired) electrons. The summed E-state index contributed by atoms with van der Waals surface area (Å²) in [6, 6.07) is 11.1. The maximum absolute atomic E-state index is 13.4. The third-order valence-electron chi connectivity index (χ3n) is 2.93. The molecule has 0 aliphatic carbocycles. The van der Waals surface area contributed by atoms with Crippen LogP contribution in [0.5, 0.6) is 0 Å². The fourth-order valence-corrected chi connectivity index (χ4v) is 3.68. The van der Waals surface area contributed by atoms with Crippen LogP contribution in [0.4, 0.5) is 4.39 Å². The lowest BCUT2D eigenvalue weighted by Crippen LogP contribution is -1.81. The van der Waals surface area contributed by atoms with E-state index in [9.17, 15) is 4.39 Å². The van der Waals surface area contributed by atoms with E-state index in [1.54, 1.807) is 0 Å². The topological polar surface area (TPSA) is 13.1 Å². The first-order valence-corrected chi connectivity index (χ1v) is 7.85. The second kappa shape index (κ2) is 5.05. The van der Waals surface area contributed by atoms with Crippen LogP contribution in [0.2, 0.25) is 0 Å². The van der Waals surface area contributed by atoms with Crippen LogP contribution in [0.25, 0.3) is 22.3 Å². The summed E-state index contributed by atoms with van der Waals surface area (Å²) in [6.45, 7) is 2.06. The van der Waals surface area contributed by atoms with Gasteiger partial charge in [0.2, 0.25) is 0 Å². The Kier molecular flexibility index (Phi) is 3.55. The van der Waals surface area contributed by atoms with Crippen LogP contribution in [0.1, 0.15) is 5.56 Å². The van der Waals surface area contributed by atoms with Gasteiger partial charge in [-0.3, -0.25) is 0 Å². The summed E-state index contributed by atoms with van der Waals surface area (Å²) in [4.78, 5) is 0. The summed E-state index contributed by atoms with van der Waals surface area (Å²) in [7, 11) is 0. The van der Waals surface area contributed by atoms with Gasteiger partial charge in [-0.2, -0.15) is 0 Å². The molecule has 2 aromatic carbocycles. The molecule has 0 saturated heterocycles. The molecule has 4 heteroatoms. The Labute approximate surface area is 137 Å². The maximum Gasteiger partial charge on any atom is 0.148 e. The van der Waals surface area contributed by atoms with E-state index in [1.807, 2.05) is 12.1 Å². The van der Waals surface area contributed by atoms with E-state index in [-0.39, 0.29) is 5.82 Å². The first-order valence-electron chi connectivity index (χ1n) is 5.70. The molecule has 0 aliphatic rings. The number of fused-ring (bicyclic) bond motifs is 1. The number of halogens is 3. The number of hydrogen-bond acceptors (Lipinski definition) is 1. The molecule has 0 bridgehead atoms. The predicted molar refractivity (Wildman–Crippen MR) is 91.8 cm³/mol. The van der Waals surface area contributed by atoms with Crippen LogP contribution in [-0.2, 0) is 0 Å². The molecule has 0 amide bonds. The molecule has 0 N–H and O–H groups in total. The summed E-state index contributed by atoms with van der Waals surface area (Å²) in [5.41, 5.74) is 3.00. The Morgan fingerprint density at radius 3 is 2.53 bits per heavy atom. The van der Waals surface area contributed by atoms with Gasteiger partial charge in [0, 0.05) is 14.5 Å². The van der Waals surface area contributed by atoms with Crippen molar-refractivity contribution in [1.82, 2.24) is 0 Å². The standard InChI is InChI=1S/C15H9FI2O/c1-8-2-3-11(12(17)4-8)14-6-9-5-10(16)7-13(18)15(9)19-14/h2-7H,1H3. The highest BCUT2D eigenvalue weighted by atomic mass is 127. The number of furan rings is 1. The van der Waals surface area contributed by atoms with Gasteiger partial charge in [0.05, 0.1) is 3.57 Å². The van der Waals surface area contributed by atoms with E-state index in [2.05, 4.69) is 64.2 Å². The van der Waals surface area contributed by atoms with Crippen molar-refractivity contribution in [2.24, 2.45) is 0 Å². The molecule has 0 fully saturated rings. The van der Waals surface area contributed by atoms with E-state index in [1.165, 1.54) is 17.7 Å². The molecule has 1 heterocycles. The molecule has 0 aliphatic heterocycles. The van der Waals surface area contributed by atoms with Gasteiger partial charge in [0.25, 0.3) is 0 Å². The summed E-state index contributed by atoms with van der Waals surface area (Å²) >= 11 is 4.39. The van der Waals surface area contributed by atoms with Crippen LogP contribution >= 0.6 is 45.2 Å². The molecule has 96 valence electrons. The van der Waals surface area contributed by atoms with Gasteiger partial charge < -0.3 is 4.42 Å². The number of rotatable bonds is 1. The average Bonchev–Trinajstić information content (AvgIpc) is 2.72. The van der Waals surface area contributed by atoms with Gasteiger partial charge in [0.1, 0.15) is 17.2 Å². The molecule has 0 atom stereocenters. The van der Waals surface area contributed by atoms with Crippen molar-refractivity contribution in [2.45, 2.75) is 6.92 Å². The van der Waals surface area contributed by atoms with Gasteiger partial charge in [-0.1, -0.05) is 11.6 Å². The molecule has 19 heavy (non-hydrogen) atoms. The second-order valence-electron chi connectivity index (χ2n) is 4.40. The zero-order valence-electron chi connectivity index (χ0n) is 10.0. The minimum atomic E-state index is -0.233.